The molecule has 1 aromatic carbocycles. The molecule has 1 aromatic heterocycles. The largest absolute Gasteiger partial charge is 0.367 e. The van der Waals surface area contributed by atoms with Gasteiger partial charge in [-0.2, -0.15) is 0 Å². The van der Waals surface area contributed by atoms with E-state index in [-0.39, 0.29) is 5.60 Å². The highest BCUT2D eigenvalue weighted by atomic mass is 16.6. The van der Waals surface area contributed by atoms with Crippen LogP contribution in [0.3, 0.4) is 0 Å². The van der Waals surface area contributed by atoms with Crippen LogP contribution in [0.15, 0.2) is 53.8 Å². The van der Waals surface area contributed by atoms with Gasteiger partial charge in [0, 0.05) is 17.1 Å². The van der Waals surface area contributed by atoms with Crippen molar-refractivity contribution in [1.29, 1.82) is 0 Å². The number of allylic oxidation sites excluding steroid dienone is 4. The van der Waals surface area contributed by atoms with Crippen LogP contribution in [0.2, 0.25) is 0 Å². The highest BCUT2D eigenvalue weighted by Crippen LogP contribution is 2.38. The first-order valence-corrected chi connectivity index (χ1v) is 9.50. The summed E-state index contributed by atoms with van der Waals surface area (Å²) in [7, 11) is 0. The lowest BCUT2D eigenvalue weighted by atomic mass is 10.0. The van der Waals surface area contributed by atoms with E-state index in [0.29, 0.717) is 6.10 Å². The van der Waals surface area contributed by atoms with E-state index in [1.54, 1.807) is 0 Å². The summed E-state index contributed by atoms with van der Waals surface area (Å²) in [6.45, 7) is 8.86. The molecular weight excluding hydrogens is 306 g/mol. The van der Waals surface area contributed by atoms with Crippen LogP contribution in [0.5, 0.6) is 0 Å². The third kappa shape index (κ3) is 4.85. The first-order valence-electron chi connectivity index (χ1n) is 9.50. The van der Waals surface area contributed by atoms with Crippen molar-refractivity contribution in [1.82, 2.24) is 4.98 Å². The van der Waals surface area contributed by atoms with Crippen LogP contribution in [-0.2, 0) is 11.2 Å². The van der Waals surface area contributed by atoms with Crippen molar-refractivity contribution >= 4 is 10.9 Å². The number of hydrogen-bond acceptors (Lipinski definition) is 1. The van der Waals surface area contributed by atoms with Crippen LogP contribution in [0.1, 0.15) is 58.9 Å². The maximum Gasteiger partial charge on any atom is 0.0892 e. The molecule has 3 rings (SSSR count). The predicted octanol–water partition coefficient (Wildman–Crippen LogP) is 6.34. The minimum absolute atomic E-state index is 0.127. The first kappa shape index (κ1) is 18.0. The van der Waals surface area contributed by atoms with E-state index in [1.807, 2.05) is 0 Å². The molecule has 1 fully saturated rings. The average Bonchev–Trinajstić information content (AvgIpc) is 3.01. The molecule has 134 valence electrons. The first-order chi connectivity index (χ1) is 12.0. The Hall–Kier alpha value is -1.80. The molecule has 0 aliphatic carbocycles. The van der Waals surface area contributed by atoms with Gasteiger partial charge in [0.05, 0.1) is 11.7 Å². The summed E-state index contributed by atoms with van der Waals surface area (Å²) >= 11 is 0. The number of aromatic amines is 1. The highest BCUT2D eigenvalue weighted by Gasteiger charge is 2.46. The van der Waals surface area contributed by atoms with E-state index in [1.165, 1.54) is 27.6 Å². The van der Waals surface area contributed by atoms with Gasteiger partial charge < -0.3 is 9.72 Å². The van der Waals surface area contributed by atoms with Crippen molar-refractivity contribution in [2.75, 3.05) is 0 Å². The van der Waals surface area contributed by atoms with Crippen molar-refractivity contribution in [3.8, 4) is 0 Å². The van der Waals surface area contributed by atoms with E-state index in [9.17, 15) is 0 Å². The van der Waals surface area contributed by atoms with Crippen molar-refractivity contribution in [2.24, 2.45) is 0 Å². The molecular formula is C23H31NO. The summed E-state index contributed by atoms with van der Waals surface area (Å²) in [5, 5.41) is 1.34. The average molecular weight is 338 g/mol. The lowest BCUT2D eigenvalue weighted by Crippen LogP contribution is -2.02. The molecule has 2 aromatic rings. The Kier molecular flexibility index (Phi) is 5.48. The Bertz CT molecular complexity index is 778. The normalized spacial score (nSPS) is 20.2. The number of rotatable bonds is 8. The molecule has 2 heteroatoms. The topological polar surface area (TPSA) is 28.3 Å². The van der Waals surface area contributed by atoms with Crippen molar-refractivity contribution in [3.63, 3.8) is 0 Å². The molecule has 0 radical (unpaired) electrons. The van der Waals surface area contributed by atoms with Crippen LogP contribution >= 0.6 is 0 Å². The summed E-state index contributed by atoms with van der Waals surface area (Å²) in [6.07, 6.45) is 13.0. The third-order valence-corrected chi connectivity index (χ3v) is 5.34. The minimum Gasteiger partial charge on any atom is -0.367 e. The van der Waals surface area contributed by atoms with Crippen LogP contribution in [0.4, 0.5) is 0 Å². The molecule has 0 amide bonds. The second kappa shape index (κ2) is 7.61. The minimum atomic E-state index is 0.127. The Morgan fingerprint density at radius 2 is 1.84 bits per heavy atom. The molecule has 1 unspecified atom stereocenters. The Labute approximate surface area is 152 Å². The summed E-state index contributed by atoms with van der Waals surface area (Å²) in [5.74, 6) is 0. The van der Waals surface area contributed by atoms with Gasteiger partial charge in [-0.1, -0.05) is 41.5 Å². The number of epoxide rings is 1. The number of ether oxygens (including phenoxy) is 1. The number of aromatic nitrogens is 1. The number of hydrogen-bond donors (Lipinski definition) is 1. The third-order valence-electron chi connectivity index (χ3n) is 5.34. The van der Waals surface area contributed by atoms with E-state index >= 15 is 0 Å². The second-order valence-electron chi connectivity index (χ2n) is 7.95. The SMILES string of the molecule is C/C(=C\Cc1c[nH]c2ccccc12)CC/C=C(\C)CCC1OC1(C)C. The van der Waals surface area contributed by atoms with Crippen molar-refractivity contribution < 1.29 is 4.74 Å². The predicted molar refractivity (Wildman–Crippen MR) is 107 cm³/mol. The Balaban J connectivity index is 1.43. The molecule has 25 heavy (non-hydrogen) atoms. The van der Waals surface area contributed by atoms with Crippen LogP contribution in [-0.4, -0.2) is 16.7 Å². The van der Waals surface area contributed by atoms with Gasteiger partial charge in [-0.25, -0.2) is 0 Å². The molecule has 1 aliphatic rings. The van der Waals surface area contributed by atoms with Gasteiger partial charge in [0.1, 0.15) is 0 Å². The molecule has 0 spiro atoms. The molecule has 0 saturated carbocycles. The zero-order valence-corrected chi connectivity index (χ0v) is 16.1. The quantitative estimate of drug-likeness (QED) is 0.442. The number of para-hydroxylation sites is 1. The number of nitrogens with one attached hydrogen (secondary N) is 1. The fraction of sp³-hybridized carbons (Fsp3) is 0.478. The van der Waals surface area contributed by atoms with Gasteiger partial charge in [-0.05, 0) is 71.4 Å². The standard InChI is InChI=1S/C23H31NO/c1-17(8-7-9-18(2)13-15-22-23(3,4)25-22)12-14-19-16-24-21-11-6-5-10-20(19)21/h5-6,9-12,16,22,24H,7-8,13-15H2,1-4H3/b17-12+,18-9+. The summed E-state index contributed by atoms with van der Waals surface area (Å²) in [6, 6.07) is 8.52. The Morgan fingerprint density at radius 1 is 1.12 bits per heavy atom. The van der Waals surface area contributed by atoms with Crippen molar-refractivity contribution in [3.05, 3.63) is 59.3 Å². The molecule has 2 heterocycles. The molecule has 1 atom stereocenters. The van der Waals surface area contributed by atoms with Crippen molar-refractivity contribution in [2.45, 2.75) is 71.5 Å². The number of H-pyrrole nitrogens is 1. The lowest BCUT2D eigenvalue weighted by Gasteiger charge is -2.02. The smallest absolute Gasteiger partial charge is 0.0892 e. The lowest BCUT2D eigenvalue weighted by molar-refractivity contribution is 0.320. The van der Waals surface area contributed by atoms with E-state index in [2.05, 4.69) is 75.3 Å². The van der Waals surface area contributed by atoms with Crippen LogP contribution in [0, 0.1) is 0 Å². The highest BCUT2D eigenvalue weighted by molar-refractivity contribution is 5.83. The summed E-state index contributed by atoms with van der Waals surface area (Å²) in [4.78, 5) is 3.35. The second-order valence-corrected chi connectivity index (χ2v) is 7.95. The van der Waals surface area contributed by atoms with E-state index in [4.69, 9.17) is 4.74 Å². The zero-order valence-electron chi connectivity index (χ0n) is 16.1. The molecule has 1 N–H and O–H groups in total. The van der Waals surface area contributed by atoms with E-state index in [0.717, 1.165) is 32.1 Å². The van der Waals surface area contributed by atoms with Gasteiger partial charge in [0.2, 0.25) is 0 Å². The van der Waals surface area contributed by atoms with Gasteiger partial charge in [-0.15, -0.1) is 0 Å². The van der Waals surface area contributed by atoms with Gasteiger partial charge >= 0.3 is 0 Å². The molecule has 2 nitrogen and oxygen atoms in total. The van der Waals surface area contributed by atoms with Gasteiger partial charge in [-0.3, -0.25) is 0 Å². The maximum absolute atomic E-state index is 5.66. The van der Waals surface area contributed by atoms with Crippen LogP contribution < -0.4 is 0 Å². The monoisotopic (exact) mass is 337 g/mol. The summed E-state index contributed by atoms with van der Waals surface area (Å²) < 4.78 is 5.66. The fourth-order valence-electron chi connectivity index (χ4n) is 3.43. The fourth-order valence-corrected chi connectivity index (χ4v) is 3.43. The number of fused-ring (bicyclic) bond motifs is 1. The van der Waals surface area contributed by atoms with Gasteiger partial charge in [0.15, 0.2) is 0 Å². The molecule has 1 saturated heterocycles. The molecule has 0 bridgehead atoms. The van der Waals surface area contributed by atoms with Gasteiger partial charge in [0.25, 0.3) is 0 Å². The maximum atomic E-state index is 5.66. The Morgan fingerprint density at radius 3 is 2.60 bits per heavy atom. The zero-order chi connectivity index (χ0) is 17.9. The summed E-state index contributed by atoms with van der Waals surface area (Å²) in [5.41, 5.74) is 5.71. The van der Waals surface area contributed by atoms with Crippen LogP contribution in [0.25, 0.3) is 10.9 Å². The molecule has 1 aliphatic heterocycles. The van der Waals surface area contributed by atoms with E-state index < -0.39 is 0 Å². The number of benzene rings is 1.